The van der Waals surface area contributed by atoms with Crippen molar-refractivity contribution in [3.05, 3.63) is 41.9 Å². The van der Waals surface area contributed by atoms with Crippen LogP contribution in [0.4, 0.5) is 0 Å². The van der Waals surface area contributed by atoms with Crippen molar-refractivity contribution in [3.8, 4) is 11.3 Å². The van der Waals surface area contributed by atoms with Gasteiger partial charge in [-0.2, -0.15) is 0 Å². The zero-order valence-electron chi connectivity index (χ0n) is 8.03. The Kier molecular flexibility index (Phi) is 2.33. The highest BCUT2D eigenvalue weighted by molar-refractivity contribution is 5.57. The topological polar surface area (TPSA) is 52.0 Å². The lowest BCUT2D eigenvalue weighted by atomic mass is 10.2. The molecule has 0 atom stereocenters. The molecule has 2 aromatic rings. The molecule has 0 saturated heterocycles. The second-order valence-corrected chi connectivity index (χ2v) is 3.16. The van der Waals surface area contributed by atoms with Crippen LogP contribution in [-0.4, -0.2) is 4.98 Å². The highest BCUT2D eigenvalue weighted by Gasteiger charge is 2.03. The average molecular weight is 188 g/mol. The first kappa shape index (κ1) is 8.97. The molecule has 2 aromatic heterocycles. The lowest BCUT2D eigenvalue weighted by Crippen LogP contribution is -1.92. The van der Waals surface area contributed by atoms with Gasteiger partial charge in [0, 0.05) is 17.5 Å². The second kappa shape index (κ2) is 3.64. The zero-order chi connectivity index (χ0) is 9.97. The van der Waals surface area contributed by atoms with Gasteiger partial charge >= 0.3 is 0 Å². The van der Waals surface area contributed by atoms with Gasteiger partial charge in [0.2, 0.25) is 0 Å². The maximum Gasteiger partial charge on any atom is 0.134 e. The van der Waals surface area contributed by atoms with Crippen molar-refractivity contribution >= 4 is 0 Å². The standard InChI is InChI=1S/C11H12N2O/c1-8-6-9(4-5-13-8)11-3-2-10(7-12)14-11/h2-6H,7,12H2,1H3. The molecule has 0 aliphatic carbocycles. The number of hydrogen-bond donors (Lipinski definition) is 1. The summed E-state index contributed by atoms with van der Waals surface area (Å²) in [4.78, 5) is 4.13. The third kappa shape index (κ3) is 1.67. The predicted molar refractivity (Wildman–Crippen MR) is 54.6 cm³/mol. The van der Waals surface area contributed by atoms with Crippen LogP contribution in [0.1, 0.15) is 11.5 Å². The van der Waals surface area contributed by atoms with E-state index in [1.54, 1.807) is 6.20 Å². The molecule has 0 saturated carbocycles. The number of rotatable bonds is 2. The van der Waals surface area contributed by atoms with Crippen LogP contribution in [0.2, 0.25) is 0 Å². The Balaban J connectivity index is 2.39. The van der Waals surface area contributed by atoms with Crippen LogP contribution in [0.15, 0.2) is 34.9 Å². The quantitative estimate of drug-likeness (QED) is 0.785. The normalized spacial score (nSPS) is 10.4. The Morgan fingerprint density at radius 2 is 2.21 bits per heavy atom. The highest BCUT2D eigenvalue weighted by Crippen LogP contribution is 2.21. The third-order valence-corrected chi connectivity index (χ3v) is 2.04. The van der Waals surface area contributed by atoms with Gasteiger partial charge in [0.15, 0.2) is 0 Å². The molecule has 0 fully saturated rings. The lowest BCUT2D eigenvalue weighted by molar-refractivity contribution is 0.525. The number of aromatic nitrogens is 1. The molecular weight excluding hydrogens is 176 g/mol. The van der Waals surface area contributed by atoms with Crippen LogP contribution >= 0.6 is 0 Å². The van der Waals surface area contributed by atoms with Gasteiger partial charge in [-0.05, 0) is 31.2 Å². The van der Waals surface area contributed by atoms with Crippen LogP contribution in [0.5, 0.6) is 0 Å². The van der Waals surface area contributed by atoms with E-state index in [0.717, 1.165) is 22.8 Å². The number of hydrogen-bond acceptors (Lipinski definition) is 3. The third-order valence-electron chi connectivity index (χ3n) is 2.04. The number of nitrogens with two attached hydrogens (primary N) is 1. The maximum atomic E-state index is 5.52. The minimum atomic E-state index is 0.435. The summed E-state index contributed by atoms with van der Waals surface area (Å²) in [6.07, 6.45) is 1.77. The van der Waals surface area contributed by atoms with E-state index in [2.05, 4.69) is 4.98 Å². The molecule has 0 amide bonds. The van der Waals surface area contributed by atoms with Crippen LogP contribution in [0.25, 0.3) is 11.3 Å². The minimum absolute atomic E-state index is 0.435. The smallest absolute Gasteiger partial charge is 0.134 e. The fourth-order valence-corrected chi connectivity index (χ4v) is 1.34. The van der Waals surface area contributed by atoms with Crippen molar-refractivity contribution in [2.45, 2.75) is 13.5 Å². The highest BCUT2D eigenvalue weighted by atomic mass is 16.3. The number of pyridine rings is 1. The van der Waals surface area contributed by atoms with E-state index in [4.69, 9.17) is 10.2 Å². The summed E-state index contributed by atoms with van der Waals surface area (Å²) < 4.78 is 5.52. The SMILES string of the molecule is Cc1cc(-c2ccc(CN)o2)ccn1. The molecular formula is C11H12N2O. The summed E-state index contributed by atoms with van der Waals surface area (Å²) >= 11 is 0. The van der Waals surface area contributed by atoms with Crippen molar-refractivity contribution in [2.75, 3.05) is 0 Å². The molecule has 2 rings (SSSR count). The summed E-state index contributed by atoms with van der Waals surface area (Å²) in [5.41, 5.74) is 7.48. The van der Waals surface area contributed by atoms with E-state index in [0.29, 0.717) is 6.54 Å². The van der Waals surface area contributed by atoms with Crippen LogP contribution in [0, 0.1) is 6.92 Å². The van der Waals surface area contributed by atoms with E-state index in [1.165, 1.54) is 0 Å². The lowest BCUT2D eigenvalue weighted by Gasteiger charge is -1.97. The van der Waals surface area contributed by atoms with Gasteiger partial charge in [-0.1, -0.05) is 0 Å². The Morgan fingerprint density at radius 1 is 1.36 bits per heavy atom. The summed E-state index contributed by atoms with van der Waals surface area (Å²) in [7, 11) is 0. The van der Waals surface area contributed by atoms with Gasteiger partial charge in [-0.3, -0.25) is 4.98 Å². The molecule has 0 radical (unpaired) electrons. The molecule has 0 bridgehead atoms. The number of furan rings is 1. The molecule has 3 nitrogen and oxygen atoms in total. The molecule has 2 N–H and O–H groups in total. The molecule has 14 heavy (non-hydrogen) atoms. The monoisotopic (exact) mass is 188 g/mol. The molecule has 0 aliphatic heterocycles. The van der Waals surface area contributed by atoms with Gasteiger partial charge in [0.05, 0.1) is 6.54 Å². The van der Waals surface area contributed by atoms with E-state index >= 15 is 0 Å². The number of nitrogens with zero attached hydrogens (tertiary/aromatic N) is 1. The predicted octanol–water partition coefficient (Wildman–Crippen LogP) is 2.11. The summed E-state index contributed by atoms with van der Waals surface area (Å²) in [6, 6.07) is 7.73. The first-order valence-corrected chi connectivity index (χ1v) is 4.51. The molecule has 0 unspecified atom stereocenters. The Hall–Kier alpha value is -1.61. The molecule has 0 spiro atoms. The van der Waals surface area contributed by atoms with E-state index in [1.807, 2.05) is 31.2 Å². The van der Waals surface area contributed by atoms with Gasteiger partial charge < -0.3 is 10.2 Å². The van der Waals surface area contributed by atoms with Crippen LogP contribution in [-0.2, 0) is 6.54 Å². The molecule has 72 valence electrons. The van der Waals surface area contributed by atoms with Gasteiger partial charge in [0.1, 0.15) is 11.5 Å². The first-order chi connectivity index (χ1) is 6.79. The summed E-state index contributed by atoms with van der Waals surface area (Å²) in [5, 5.41) is 0. The van der Waals surface area contributed by atoms with Gasteiger partial charge in [0.25, 0.3) is 0 Å². The molecule has 0 aromatic carbocycles. The van der Waals surface area contributed by atoms with Crippen LogP contribution < -0.4 is 5.73 Å². The summed E-state index contributed by atoms with van der Waals surface area (Å²) in [6.45, 7) is 2.39. The average Bonchev–Trinajstić information content (AvgIpc) is 2.66. The van der Waals surface area contributed by atoms with Crippen molar-refractivity contribution in [1.29, 1.82) is 0 Å². The first-order valence-electron chi connectivity index (χ1n) is 4.51. The fraction of sp³-hybridized carbons (Fsp3) is 0.182. The van der Waals surface area contributed by atoms with E-state index in [9.17, 15) is 0 Å². The van der Waals surface area contributed by atoms with Crippen molar-refractivity contribution in [3.63, 3.8) is 0 Å². The summed E-state index contributed by atoms with van der Waals surface area (Å²) in [5.74, 6) is 1.64. The molecule has 2 heterocycles. The van der Waals surface area contributed by atoms with Crippen molar-refractivity contribution < 1.29 is 4.42 Å². The minimum Gasteiger partial charge on any atom is -0.460 e. The van der Waals surface area contributed by atoms with Gasteiger partial charge in [-0.25, -0.2) is 0 Å². The fourth-order valence-electron chi connectivity index (χ4n) is 1.34. The molecule has 0 aliphatic rings. The Morgan fingerprint density at radius 3 is 2.86 bits per heavy atom. The van der Waals surface area contributed by atoms with E-state index in [-0.39, 0.29) is 0 Å². The largest absolute Gasteiger partial charge is 0.460 e. The second-order valence-electron chi connectivity index (χ2n) is 3.16. The zero-order valence-corrected chi connectivity index (χ0v) is 8.03. The van der Waals surface area contributed by atoms with Crippen molar-refractivity contribution in [2.24, 2.45) is 5.73 Å². The van der Waals surface area contributed by atoms with Crippen LogP contribution in [0.3, 0.4) is 0 Å². The molecule has 3 heteroatoms. The number of aryl methyl sites for hydroxylation is 1. The Bertz CT molecular complexity index is 434. The van der Waals surface area contributed by atoms with Crippen molar-refractivity contribution in [1.82, 2.24) is 4.98 Å². The van der Waals surface area contributed by atoms with Gasteiger partial charge in [-0.15, -0.1) is 0 Å². The maximum absolute atomic E-state index is 5.52. The Labute approximate surface area is 82.6 Å². The van der Waals surface area contributed by atoms with E-state index < -0.39 is 0 Å².